The molecular weight excluding hydrogens is 174 g/mol. The van der Waals surface area contributed by atoms with E-state index in [0.717, 1.165) is 0 Å². The van der Waals surface area contributed by atoms with Crippen LogP contribution in [0.1, 0.15) is 39.0 Å². The minimum atomic E-state index is 0.323. The van der Waals surface area contributed by atoms with Crippen LogP contribution in [0.4, 0.5) is 0 Å². The Balaban J connectivity index is 2.48. The second kappa shape index (κ2) is 5.26. The maximum atomic E-state index is 4.79. The van der Waals surface area contributed by atoms with Crippen LogP contribution in [0.2, 0.25) is 0 Å². The van der Waals surface area contributed by atoms with Gasteiger partial charge >= 0.3 is 0 Å². The molecular formula is C12H21NO. The van der Waals surface area contributed by atoms with Crippen LogP contribution in [0.15, 0.2) is 0 Å². The first-order valence-corrected chi connectivity index (χ1v) is 5.42. The third-order valence-corrected chi connectivity index (χ3v) is 3.29. The lowest BCUT2D eigenvalue weighted by Crippen LogP contribution is -2.38. The summed E-state index contributed by atoms with van der Waals surface area (Å²) in [5.41, 5.74) is 0.323. The summed E-state index contributed by atoms with van der Waals surface area (Å²) < 4.78 is 4.79. The summed E-state index contributed by atoms with van der Waals surface area (Å²) in [4.78, 5) is 0. The molecule has 1 unspecified atom stereocenters. The van der Waals surface area contributed by atoms with Gasteiger partial charge in [0.05, 0.1) is 7.11 Å². The quantitative estimate of drug-likeness (QED) is 0.511. The average molecular weight is 195 g/mol. The van der Waals surface area contributed by atoms with Gasteiger partial charge in [0.15, 0.2) is 0 Å². The molecule has 1 N–H and O–H groups in total. The average Bonchev–Trinajstić information content (AvgIpc) is 2.39. The fraction of sp³-hybridized carbons (Fsp3) is 0.833. The molecule has 1 aliphatic carbocycles. The van der Waals surface area contributed by atoms with Crippen LogP contribution in [-0.4, -0.2) is 19.7 Å². The van der Waals surface area contributed by atoms with Crippen LogP contribution in [0.25, 0.3) is 0 Å². The molecule has 0 saturated heterocycles. The van der Waals surface area contributed by atoms with Crippen molar-refractivity contribution >= 4 is 0 Å². The van der Waals surface area contributed by atoms with Crippen LogP contribution in [0.3, 0.4) is 0 Å². The van der Waals surface area contributed by atoms with Crippen molar-refractivity contribution in [2.75, 3.05) is 14.2 Å². The van der Waals surface area contributed by atoms with Gasteiger partial charge in [-0.1, -0.05) is 12.3 Å². The molecule has 2 nitrogen and oxygen atoms in total. The van der Waals surface area contributed by atoms with Gasteiger partial charge in [0, 0.05) is 11.5 Å². The van der Waals surface area contributed by atoms with Crippen molar-refractivity contribution in [1.82, 2.24) is 5.32 Å². The molecule has 1 saturated carbocycles. The Labute approximate surface area is 87.4 Å². The minimum Gasteiger partial charge on any atom is -0.450 e. The normalized spacial score (nSPS) is 32.6. The molecule has 14 heavy (non-hydrogen) atoms. The molecule has 2 heteroatoms. The van der Waals surface area contributed by atoms with E-state index in [1.807, 2.05) is 0 Å². The fourth-order valence-corrected chi connectivity index (χ4v) is 2.04. The Morgan fingerprint density at radius 1 is 1.36 bits per heavy atom. The lowest BCUT2D eigenvalue weighted by Gasteiger charge is -2.27. The summed E-state index contributed by atoms with van der Waals surface area (Å²) in [6.45, 7) is 2.30. The molecule has 0 aliphatic heterocycles. The van der Waals surface area contributed by atoms with E-state index in [-0.39, 0.29) is 0 Å². The Morgan fingerprint density at radius 3 is 2.79 bits per heavy atom. The van der Waals surface area contributed by atoms with Crippen molar-refractivity contribution in [2.24, 2.45) is 5.92 Å². The first-order chi connectivity index (χ1) is 6.70. The number of hydrogen-bond acceptors (Lipinski definition) is 2. The van der Waals surface area contributed by atoms with Crippen molar-refractivity contribution in [3.8, 4) is 12.0 Å². The van der Waals surface area contributed by atoms with E-state index in [1.54, 1.807) is 7.11 Å². The van der Waals surface area contributed by atoms with Crippen LogP contribution < -0.4 is 5.32 Å². The highest BCUT2D eigenvalue weighted by Gasteiger charge is 2.26. The highest BCUT2D eigenvalue weighted by molar-refractivity contribution is 5.00. The van der Waals surface area contributed by atoms with Crippen molar-refractivity contribution in [2.45, 2.75) is 44.6 Å². The number of hydrogen-bond donors (Lipinski definition) is 1. The second-order valence-electron chi connectivity index (χ2n) is 4.39. The molecule has 1 aliphatic rings. The minimum absolute atomic E-state index is 0.323. The Morgan fingerprint density at radius 2 is 2.14 bits per heavy atom. The van der Waals surface area contributed by atoms with Gasteiger partial charge in [0.1, 0.15) is 6.11 Å². The standard InChI is InChI=1S/C12H21NO/c1-12(13-2)8-4-5-11(6-9-12)7-10-14-3/h11,13H,4-6,8-9H2,1-3H3/t11-,12?/m1/s1. The van der Waals surface area contributed by atoms with Crippen LogP contribution in [0.5, 0.6) is 0 Å². The van der Waals surface area contributed by atoms with E-state index in [1.165, 1.54) is 32.1 Å². The molecule has 2 atom stereocenters. The third-order valence-electron chi connectivity index (χ3n) is 3.29. The molecule has 80 valence electrons. The zero-order valence-electron chi connectivity index (χ0n) is 9.52. The lowest BCUT2D eigenvalue weighted by molar-refractivity contribution is 0.335. The SMILES string of the molecule is CNC1(C)CCC[C@@H](C#COC)CC1. The maximum absolute atomic E-state index is 4.79. The maximum Gasteiger partial charge on any atom is 0.110 e. The highest BCUT2D eigenvalue weighted by atomic mass is 16.5. The summed E-state index contributed by atoms with van der Waals surface area (Å²) in [5.74, 6) is 3.71. The third kappa shape index (κ3) is 3.23. The van der Waals surface area contributed by atoms with E-state index >= 15 is 0 Å². The second-order valence-corrected chi connectivity index (χ2v) is 4.39. The molecule has 1 fully saturated rings. The molecule has 1 rings (SSSR count). The molecule has 0 radical (unpaired) electrons. The molecule has 0 aromatic heterocycles. The number of methoxy groups -OCH3 is 1. The predicted molar refractivity (Wildman–Crippen MR) is 58.8 cm³/mol. The van der Waals surface area contributed by atoms with Gasteiger partial charge in [-0.15, -0.1) is 0 Å². The monoisotopic (exact) mass is 195 g/mol. The topological polar surface area (TPSA) is 21.3 Å². The van der Waals surface area contributed by atoms with E-state index in [0.29, 0.717) is 11.5 Å². The zero-order valence-corrected chi connectivity index (χ0v) is 9.52. The fourth-order valence-electron chi connectivity index (χ4n) is 2.04. The first kappa shape index (κ1) is 11.4. The van der Waals surface area contributed by atoms with Crippen molar-refractivity contribution < 1.29 is 4.74 Å². The van der Waals surface area contributed by atoms with Gasteiger partial charge in [0.2, 0.25) is 0 Å². The van der Waals surface area contributed by atoms with E-state index in [9.17, 15) is 0 Å². The summed E-state index contributed by atoms with van der Waals surface area (Å²) >= 11 is 0. The number of nitrogens with one attached hydrogen (secondary N) is 1. The molecule has 0 spiro atoms. The van der Waals surface area contributed by atoms with Gasteiger partial charge in [-0.25, -0.2) is 0 Å². The Hall–Kier alpha value is -0.680. The van der Waals surface area contributed by atoms with Gasteiger partial charge in [-0.05, 0) is 39.7 Å². The first-order valence-electron chi connectivity index (χ1n) is 5.42. The largest absolute Gasteiger partial charge is 0.450 e. The van der Waals surface area contributed by atoms with E-state index in [2.05, 4.69) is 31.3 Å². The molecule has 0 aromatic rings. The zero-order chi connectivity index (χ0) is 10.4. The molecule has 0 heterocycles. The molecule has 0 aromatic carbocycles. The molecule has 0 bridgehead atoms. The van der Waals surface area contributed by atoms with Gasteiger partial charge in [0.25, 0.3) is 0 Å². The predicted octanol–water partition coefficient (Wildman–Crippen LogP) is 2.15. The highest BCUT2D eigenvalue weighted by Crippen LogP contribution is 2.29. The van der Waals surface area contributed by atoms with E-state index in [4.69, 9.17) is 4.74 Å². The van der Waals surface area contributed by atoms with E-state index < -0.39 is 0 Å². The summed E-state index contributed by atoms with van der Waals surface area (Å²) in [5, 5.41) is 3.42. The summed E-state index contributed by atoms with van der Waals surface area (Å²) in [6, 6.07) is 0. The molecule has 0 amide bonds. The van der Waals surface area contributed by atoms with Gasteiger partial charge in [-0.2, -0.15) is 0 Å². The van der Waals surface area contributed by atoms with Crippen LogP contribution in [-0.2, 0) is 4.74 Å². The van der Waals surface area contributed by atoms with Crippen molar-refractivity contribution in [3.05, 3.63) is 0 Å². The summed E-state index contributed by atoms with van der Waals surface area (Å²) in [6.07, 6.45) is 8.86. The summed E-state index contributed by atoms with van der Waals surface area (Å²) in [7, 11) is 3.68. The van der Waals surface area contributed by atoms with Crippen LogP contribution >= 0.6 is 0 Å². The Kier molecular flexibility index (Phi) is 4.28. The smallest absolute Gasteiger partial charge is 0.110 e. The Bertz CT molecular complexity index is 228. The van der Waals surface area contributed by atoms with Crippen molar-refractivity contribution in [1.29, 1.82) is 0 Å². The van der Waals surface area contributed by atoms with Crippen molar-refractivity contribution in [3.63, 3.8) is 0 Å². The number of rotatable bonds is 1. The lowest BCUT2D eigenvalue weighted by atomic mass is 9.92. The van der Waals surface area contributed by atoms with Crippen LogP contribution in [0, 0.1) is 17.9 Å². The number of ether oxygens (including phenoxy) is 1. The van der Waals surface area contributed by atoms with Gasteiger partial charge < -0.3 is 10.1 Å². The van der Waals surface area contributed by atoms with Gasteiger partial charge in [-0.3, -0.25) is 0 Å².